The van der Waals surface area contributed by atoms with E-state index in [1.807, 2.05) is 12.3 Å². The van der Waals surface area contributed by atoms with Crippen molar-refractivity contribution in [2.24, 2.45) is 0 Å². The van der Waals surface area contributed by atoms with Crippen LogP contribution in [0.4, 0.5) is 0 Å². The molecule has 0 aliphatic carbocycles. The summed E-state index contributed by atoms with van der Waals surface area (Å²) in [6.45, 7) is 6.80. The largest absolute Gasteiger partial charge is 0.331 e. The van der Waals surface area contributed by atoms with Gasteiger partial charge in [-0.3, -0.25) is 9.36 Å². The molecule has 0 unspecified atom stereocenters. The van der Waals surface area contributed by atoms with E-state index in [1.54, 1.807) is 11.3 Å². The normalized spacial score (nSPS) is 11.2. The molecule has 0 amide bonds. The van der Waals surface area contributed by atoms with Gasteiger partial charge in [0.25, 0.3) is 5.56 Å². The zero-order valence-electron chi connectivity index (χ0n) is 11.3. The highest BCUT2D eigenvalue weighted by atomic mass is 32.1. The molecule has 6 heteroatoms. The van der Waals surface area contributed by atoms with Crippen molar-refractivity contribution in [1.29, 1.82) is 0 Å². The number of rotatable bonds is 4. The Labute approximate surface area is 115 Å². The van der Waals surface area contributed by atoms with Crippen molar-refractivity contribution in [2.45, 2.75) is 39.8 Å². The fourth-order valence-electron chi connectivity index (χ4n) is 1.77. The smallest absolute Gasteiger partial charge is 0.301 e. The van der Waals surface area contributed by atoms with Crippen molar-refractivity contribution >= 4 is 11.3 Å². The Hall–Kier alpha value is -1.69. The molecule has 2 aromatic rings. The minimum atomic E-state index is -0.284. The molecule has 19 heavy (non-hydrogen) atoms. The van der Waals surface area contributed by atoms with Crippen molar-refractivity contribution in [3.05, 3.63) is 49.2 Å². The summed E-state index contributed by atoms with van der Waals surface area (Å²) >= 11 is 1.56. The highest BCUT2D eigenvalue weighted by Gasteiger charge is 2.09. The van der Waals surface area contributed by atoms with Crippen molar-refractivity contribution in [3.63, 3.8) is 0 Å². The van der Waals surface area contributed by atoms with Gasteiger partial charge in [-0.25, -0.2) is 9.78 Å². The highest BCUT2D eigenvalue weighted by molar-refractivity contribution is 7.09. The van der Waals surface area contributed by atoms with Crippen LogP contribution in [0.3, 0.4) is 0 Å². The minimum absolute atomic E-state index is 0.238. The average Bonchev–Trinajstić information content (AvgIpc) is 2.83. The molecule has 0 N–H and O–H groups in total. The molecule has 2 rings (SSSR count). The third-order valence-electron chi connectivity index (χ3n) is 2.86. The van der Waals surface area contributed by atoms with E-state index in [1.165, 1.54) is 21.4 Å². The summed E-state index contributed by atoms with van der Waals surface area (Å²) in [5, 5.41) is 2.93. The predicted octanol–water partition coefficient (Wildman–Crippen LogP) is 1.66. The van der Waals surface area contributed by atoms with Gasteiger partial charge in [-0.2, -0.15) is 0 Å². The Balaban J connectivity index is 2.37. The third-order valence-corrected chi connectivity index (χ3v) is 4.06. The average molecular weight is 279 g/mol. The number of hydrogen-bond acceptors (Lipinski definition) is 4. The molecule has 0 saturated heterocycles. The van der Waals surface area contributed by atoms with Crippen LogP contribution >= 0.6 is 11.3 Å². The van der Waals surface area contributed by atoms with Crippen molar-refractivity contribution in [1.82, 2.24) is 14.1 Å². The second-order valence-corrected chi connectivity index (χ2v) is 5.53. The third kappa shape index (κ3) is 2.84. The second kappa shape index (κ2) is 5.52. The summed E-state index contributed by atoms with van der Waals surface area (Å²) in [7, 11) is 0. The van der Waals surface area contributed by atoms with E-state index >= 15 is 0 Å². The van der Waals surface area contributed by atoms with Gasteiger partial charge < -0.3 is 4.57 Å². The molecule has 0 fully saturated rings. The van der Waals surface area contributed by atoms with Crippen molar-refractivity contribution in [3.8, 4) is 0 Å². The Bertz CT molecular complexity index is 682. The first-order valence-electron chi connectivity index (χ1n) is 6.27. The highest BCUT2D eigenvalue weighted by Crippen LogP contribution is 2.19. The number of thiazole rings is 1. The van der Waals surface area contributed by atoms with Crippen molar-refractivity contribution < 1.29 is 0 Å². The Morgan fingerprint density at radius 2 is 2.11 bits per heavy atom. The van der Waals surface area contributed by atoms with Crippen molar-refractivity contribution in [2.75, 3.05) is 0 Å². The molecule has 2 heterocycles. The molecule has 5 nitrogen and oxygen atoms in total. The molecule has 2 aromatic heterocycles. The standard InChI is InChI=1S/C13H17N3O2S/c1-4-15-6-5-11(17)16(13(15)18)7-10-8-19-12(14-10)9(2)3/h5-6,8-9H,4,7H2,1-3H3. The Kier molecular flexibility index (Phi) is 3.99. The summed E-state index contributed by atoms with van der Waals surface area (Å²) in [6.07, 6.45) is 1.53. The molecular weight excluding hydrogens is 262 g/mol. The molecule has 0 spiro atoms. The maximum Gasteiger partial charge on any atom is 0.331 e. The lowest BCUT2D eigenvalue weighted by Crippen LogP contribution is -2.39. The molecule has 0 radical (unpaired) electrons. The summed E-state index contributed by atoms with van der Waals surface area (Å²) in [5.41, 5.74) is 0.199. The van der Waals surface area contributed by atoms with E-state index in [-0.39, 0.29) is 17.8 Å². The number of hydrogen-bond donors (Lipinski definition) is 0. The fourth-order valence-corrected chi connectivity index (χ4v) is 2.59. The number of aromatic nitrogens is 3. The lowest BCUT2D eigenvalue weighted by atomic mass is 10.2. The van der Waals surface area contributed by atoms with Gasteiger partial charge in [-0.1, -0.05) is 13.8 Å². The molecule has 0 saturated carbocycles. The van der Waals surface area contributed by atoms with Gasteiger partial charge in [0.05, 0.1) is 17.2 Å². The van der Waals surface area contributed by atoms with Gasteiger partial charge in [0.15, 0.2) is 0 Å². The van der Waals surface area contributed by atoms with E-state index < -0.39 is 0 Å². The van der Waals surface area contributed by atoms with Gasteiger partial charge in [-0.15, -0.1) is 11.3 Å². The van der Waals surface area contributed by atoms with Crippen LogP contribution in [0.5, 0.6) is 0 Å². The van der Waals surface area contributed by atoms with E-state index in [0.717, 1.165) is 10.7 Å². The topological polar surface area (TPSA) is 56.9 Å². The van der Waals surface area contributed by atoms with Crippen LogP contribution < -0.4 is 11.2 Å². The van der Waals surface area contributed by atoms with Crippen LogP contribution in [0.25, 0.3) is 0 Å². The Morgan fingerprint density at radius 1 is 1.37 bits per heavy atom. The molecular formula is C13H17N3O2S. The summed E-state index contributed by atoms with van der Waals surface area (Å²) in [6, 6.07) is 1.42. The SMILES string of the molecule is CCn1ccc(=O)n(Cc2csc(C(C)C)n2)c1=O. The summed E-state index contributed by atoms with van der Waals surface area (Å²) in [5.74, 6) is 0.360. The monoisotopic (exact) mass is 279 g/mol. The quantitative estimate of drug-likeness (QED) is 0.855. The molecule has 0 aliphatic heterocycles. The zero-order valence-corrected chi connectivity index (χ0v) is 12.1. The van der Waals surface area contributed by atoms with E-state index in [2.05, 4.69) is 18.8 Å². The van der Waals surface area contributed by atoms with Crippen LogP contribution in [0.15, 0.2) is 27.2 Å². The second-order valence-electron chi connectivity index (χ2n) is 4.64. The summed E-state index contributed by atoms with van der Waals surface area (Å²) < 4.78 is 2.74. The van der Waals surface area contributed by atoms with Crippen LogP contribution in [0.2, 0.25) is 0 Å². The zero-order chi connectivity index (χ0) is 14.0. The maximum absolute atomic E-state index is 12.1. The van der Waals surface area contributed by atoms with Crippen LogP contribution in [-0.2, 0) is 13.1 Å². The van der Waals surface area contributed by atoms with E-state index in [0.29, 0.717) is 12.5 Å². The van der Waals surface area contributed by atoms with Gasteiger partial charge in [0.1, 0.15) is 0 Å². The van der Waals surface area contributed by atoms with Gasteiger partial charge in [0.2, 0.25) is 0 Å². The summed E-state index contributed by atoms with van der Waals surface area (Å²) in [4.78, 5) is 28.3. The number of aryl methyl sites for hydroxylation is 1. The van der Waals surface area contributed by atoms with E-state index in [9.17, 15) is 9.59 Å². The maximum atomic E-state index is 12.1. The van der Waals surface area contributed by atoms with Crippen LogP contribution in [-0.4, -0.2) is 14.1 Å². The van der Waals surface area contributed by atoms with E-state index in [4.69, 9.17) is 0 Å². The number of nitrogens with zero attached hydrogens (tertiary/aromatic N) is 3. The first-order chi connectivity index (χ1) is 9.02. The van der Waals surface area contributed by atoms with Crippen LogP contribution in [0, 0.1) is 0 Å². The van der Waals surface area contributed by atoms with Gasteiger partial charge >= 0.3 is 5.69 Å². The predicted molar refractivity (Wildman–Crippen MR) is 75.9 cm³/mol. The molecule has 0 atom stereocenters. The molecule has 0 bridgehead atoms. The molecule has 0 aliphatic rings. The Morgan fingerprint density at radius 3 is 2.68 bits per heavy atom. The lowest BCUT2D eigenvalue weighted by Gasteiger charge is -2.06. The fraction of sp³-hybridized carbons (Fsp3) is 0.462. The lowest BCUT2D eigenvalue weighted by molar-refractivity contribution is 0.594. The molecule has 0 aromatic carbocycles. The van der Waals surface area contributed by atoms with Gasteiger partial charge in [0, 0.05) is 30.1 Å². The minimum Gasteiger partial charge on any atom is -0.301 e. The first-order valence-corrected chi connectivity index (χ1v) is 7.15. The first kappa shape index (κ1) is 13.7. The molecule has 102 valence electrons. The van der Waals surface area contributed by atoms with Gasteiger partial charge in [-0.05, 0) is 6.92 Å². The van der Waals surface area contributed by atoms with Crippen LogP contribution in [0.1, 0.15) is 37.4 Å².